The Labute approximate surface area is 97.4 Å². The monoisotopic (exact) mass is 229 g/mol. The van der Waals surface area contributed by atoms with Crippen molar-refractivity contribution in [3.63, 3.8) is 0 Å². The first-order valence-electron chi connectivity index (χ1n) is 6.04. The van der Waals surface area contributed by atoms with Crippen LogP contribution in [0.2, 0.25) is 0 Å². The lowest BCUT2D eigenvalue weighted by Crippen LogP contribution is -2.26. The number of hydrogen-bond donors (Lipinski definition) is 2. The van der Waals surface area contributed by atoms with Crippen LogP contribution in [0.1, 0.15) is 52.4 Å². The third-order valence-electron chi connectivity index (χ3n) is 2.41. The van der Waals surface area contributed by atoms with Gasteiger partial charge in [0, 0.05) is 19.4 Å². The summed E-state index contributed by atoms with van der Waals surface area (Å²) < 4.78 is 0. The first kappa shape index (κ1) is 14.9. The summed E-state index contributed by atoms with van der Waals surface area (Å²) in [6.07, 6.45) is 4.90. The molecule has 16 heavy (non-hydrogen) atoms. The number of hydrogen-bond acceptors (Lipinski definition) is 2. The summed E-state index contributed by atoms with van der Waals surface area (Å²) in [5, 5.41) is 11.4. The van der Waals surface area contributed by atoms with E-state index in [-0.39, 0.29) is 18.2 Å². The SMILES string of the molecule is CCCCCCNC(=O)CC(C)CC(=O)O. The van der Waals surface area contributed by atoms with Gasteiger partial charge in [-0.25, -0.2) is 0 Å². The Morgan fingerprint density at radius 3 is 2.44 bits per heavy atom. The van der Waals surface area contributed by atoms with Crippen LogP contribution in [-0.4, -0.2) is 23.5 Å². The standard InChI is InChI=1S/C12H23NO3/c1-3-4-5-6-7-13-11(14)8-10(2)9-12(15)16/h10H,3-9H2,1-2H3,(H,13,14)(H,15,16). The molecular weight excluding hydrogens is 206 g/mol. The smallest absolute Gasteiger partial charge is 0.303 e. The molecule has 0 aromatic carbocycles. The van der Waals surface area contributed by atoms with Crippen molar-refractivity contribution in [1.82, 2.24) is 5.32 Å². The fraction of sp³-hybridized carbons (Fsp3) is 0.833. The van der Waals surface area contributed by atoms with E-state index in [0.717, 1.165) is 12.8 Å². The molecule has 0 rings (SSSR count). The van der Waals surface area contributed by atoms with Crippen LogP contribution in [0.5, 0.6) is 0 Å². The van der Waals surface area contributed by atoms with Gasteiger partial charge in [-0.1, -0.05) is 33.1 Å². The van der Waals surface area contributed by atoms with E-state index in [1.54, 1.807) is 6.92 Å². The van der Waals surface area contributed by atoms with E-state index in [4.69, 9.17) is 5.11 Å². The van der Waals surface area contributed by atoms with Gasteiger partial charge < -0.3 is 10.4 Å². The van der Waals surface area contributed by atoms with Crippen molar-refractivity contribution in [2.24, 2.45) is 5.92 Å². The van der Waals surface area contributed by atoms with Crippen LogP contribution in [0.4, 0.5) is 0 Å². The van der Waals surface area contributed by atoms with Gasteiger partial charge in [-0.05, 0) is 12.3 Å². The van der Waals surface area contributed by atoms with Crippen molar-refractivity contribution in [3.05, 3.63) is 0 Å². The maximum Gasteiger partial charge on any atom is 0.303 e. The minimum Gasteiger partial charge on any atom is -0.481 e. The molecule has 0 aliphatic rings. The molecule has 0 saturated heterocycles. The van der Waals surface area contributed by atoms with Gasteiger partial charge in [-0.3, -0.25) is 9.59 Å². The maximum atomic E-state index is 11.4. The van der Waals surface area contributed by atoms with Gasteiger partial charge in [-0.15, -0.1) is 0 Å². The average Bonchev–Trinajstić information content (AvgIpc) is 2.15. The lowest BCUT2D eigenvalue weighted by molar-refractivity contribution is -0.138. The normalized spacial score (nSPS) is 12.1. The Kier molecular flexibility index (Phi) is 8.58. The third-order valence-corrected chi connectivity index (χ3v) is 2.41. The lowest BCUT2D eigenvalue weighted by Gasteiger charge is -2.09. The third kappa shape index (κ3) is 9.49. The molecule has 0 spiro atoms. The Morgan fingerprint density at radius 2 is 1.88 bits per heavy atom. The van der Waals surface area contributed by atoms with Gasteiger partial charge in [0.2, 0.25) is 5.91 Å². The van der Waals surface area contributed by atoms with Gasteiger partial charge in [0.15, 0.2) is 0 Å². The Morgan fingerprint density at radius 1 is 1.19 bits per heavy atom. The highest BCUT2D eigenvalue weighted by atomic mass is 16.4. The first-order chi connectivity index (χ1) is 7.56. The number of carbonyl (C=O) groups excluding carboxylic acids is 1. The van der Waals surface area contributed by atoms with Crippen molar-refractivity contribution in [2.75, 3.05) is 6.54 Å². The molecule has 1 atom stereocenters. The average molecular weight is 229 g/mol. The predicted molar refractivity (Wildman–Crippen MR) is 63.2 cm³/mol. The molecule has 0 saturated carbocycles. The Bertz CT molecular complexity index is 216. The summed E-state index contributed by atoms with van der Waals surface area (Å²) in [5.41, 5.74) is 0. The van der Waals surface area contributed by atoms with Gasteiger partial charge >= 0.3 is 5.97 Å². The number of carboxylic acid groups (broad SMARTS) is 1. The van der Waals surface area contributed by atoms with E-state index in [0.29, 0.717) is 13.0 Å². The summed E-state index contributed by atoms with van der Waals surface area (Å²) in [4.78, 5) is 21.8. The summed E-state index contributed by atoms with van der Waals surface area (Å²) in [6, 6.07) is 0. The minimum atomic E-state index is -0.844. The molecule has 1 unspecified atom stereocenters. The highest BCUT2D eigenvalue weighted by Crippen LogP contribution is 2.06. The largest absolute Gasteiger partial charge is 0.481 e. The van der Waals surface area contributed by atoms with Crippen LogP contribution in [0.15, 0.2) is 0 Å². The molecule has 0 aliphatic carbocycles. The van der Waals surface area contributed by atoms with Crippen LogP contribution in [0.25, 0.3) is 0 Å². The first-order valence-corrected chi connectivity index (χ1v) is 6.04. The van der Waals surface area contributed by atoms with Gasteiger partial charge in [0.05, 0.1) is 0 Å². The van der Waals surface area contributed by atoms with Crippen molar-refractivity contribution in [2.45, 2.75) is 52.4 Å². The number of nitrogens with one attached hydrogen (secondary N) is 1. The maximum absolute atomic E-state index is 11.4. The highest BCUT2D eigenvalue weighted by Gasteiger charge is 2.11. The molecule has 4 nitrogen and oxygen atoms in total. The molecule has 0 radical (unpaired) electrons. The highest BCUT2D eigenvalue weighted by molar-refractivity contribution is 5.77. The van der Waals surface area contributed by atoms with E-state index >= 15 is 0 Å². The van der Waals surface area contributed by atoms with Crippen molar-refractivity contribution in [3.8, 4) is 0 Å². The molecule has 1 amide bonds. The number of carbonyl (C=O) groups is 2. The van der Waals surface area contributed by atoms with E-state index in [1.165, 1.54) is 12.8 Å². The quantitative estimate of drug-likeness (QED) is 0.595. The zero-order chi connectivity index (χ0) is 12.4. The zero-order valence-corrected chi connectivity index (χ0v) is 10.3. The zero-order valence-electron chi connectivity index (χ0n) is 10.3. The van der Waals surface area contributed by atoms with Crippen LogP contribution in [0, 0.1) is 5.92 Å². The molecule has 0 aromatic heterocycles. The van der Waals surface area contributed by atoms with Crippen LogP contribution < -0.4 is 5.32 Å². The minimum absolute atomic E-state index is 0.0368. The molecule has 0 bridgehead atoms. The van der Waals surface area contributed by atoms with E-state index in [2.05, 4.69) is 12.2 Å². The van der Waals surface area contributed by atoms with Crippen molar-refractivity contribution in [1.29, 1.82) is 0 Å². The molecule has 0 aliphatic heterocycles. The van der Waals surface area contributed by atoms with Gasteiger partial charge in [-0.2, -0.15) is 0 Å². The van der Waals surface area contributed by atoms with Crippen molar-refractivity contribution >= 4 is 11.9 Å². The number of unbranched alkanes of at least 4 members (excludes halogenated alkanes) is 3. The van der Waals surface area contributed by atoms with Crippen molar-refractivity contribution < 1.29 is 14.7 Å². The number of rotatable bonds is 9. The van der Waals surface area contributed by atoms with E-state index in [1.807, 2.05) is 0 Å². The molecule has 2 N–H and O–H groups in total. The predicted octanol–water partition coefficient (Wildman–Crippen LogP) is 2.18. The summed E-state index contributed by atoms with van der Waals surface area (Å²) in [7, 11) is 0. The molecule has 0 fully saturated rings. The Hall–Kier alpha value is -1.06. The number of amides is 1. The molecule has 0 aromatic rings. The molecular formula is C12H23NO3. The summed E-state index contributed by atoms with van der Waals surface area (Å²) in [6.45, 7) is 4.63. The summed E-state index contributed by atoms with van der Waals surface area (Å²) in [5.74, 6) is -0.971. The fourth-order valence-electron chi connectivity index (χ4n) is 1.54. The second-order valence-electron chi connectivity index (χ2n) is 4.32. The molecule has 0 heterocycles. The summed E-state index contributed by atoms with van der Waals surface area (Å²) >= 11 is 0. The second-order valence-corrected chi connectivity index (χ2v) is 4.32. The number of carboxylic acids is 1. The lowest BCUT2D eigenvalue weighted by atomic mass is 10.0. The topological polar surface area (TPSA) is 66.4 Å². The second kappa shape index (κ2) is 9.19. The Balaban J connectivity index is 3.47. The molecule has 4 heteroatoms. The van der Waals surface area contributed by atoms with Crippen LogP contribution in [-0.2, 0) is 9.59 Å². The van der Waals surface area contributed by atoms with Crippen LogP contribution >= 0.6 is 0 Å². The van der Waals surface area contributed by atoms with Crippen LogP contribution in [0.3, 0.4) is 0 Å². The van der Waals surface area contributed by atoms with Gasteiger partial charge in [0.25, 0.3) is 0 Å². The molecule has 94 valence electrons. The van der Waals surface area contributed by atoms with Gasteiger partial charge in [0.1, 0.15) is 0 Å². The van der Waals surface area contributed by atoms with E-state index in [9.17, 15) is 9.59 Å². The fourth-order valence-corrected chi connectivity index (χ4v) is 1.54. The number of aliphatic carboxylic acids is 1. The van der Waals surface area contributed by atoms with E-state index < -0.39 is 5.97 Å².